The molecule has 2 aromatic rings. The third kappa shape index (κ3) is 6.98. The zero-order valence-corrected chi connectivity index (χ0v) is 17.4. The molecule has 2 N–H and O–H groups in total. The molecule has 0 aliphatic heterocycles. The van der Waals surface area contributed by atoms with Gasteiger partial charge in [0.15, 0.2) is 0 Å². The number of carbonyl (C=O) groups is 1. The van der Waals surface area contributed by atoms with Crippen LogP contribution in [0, 0.1) is 0 Å². The molecule has 0 spiro atoms. The molecular weight excluding hydrogens is 376 g/mol. The summed E-state index contributed by atoms with van der Waals surface area (Å²) in [7, 11) is -3.34. The Morgan fingerprint density at radius 3 is 2.14 bits per heavy atom. The Morgan fingerprint density at radius 1 is 0.929 bits per heavy atom. The predicted molar refractivity (Wildman–Crippen MR) is 112 cm³/mol. The lowest BCUT2D eigenvalue weighted by Crippen LogP contribution is -2.39. The van der Waals surface area contributed by atoms with Crippen molar-refractivity contribution in [3.63, 3.8) is 0 Å². The van der Waals surface area contributed by atoms with Gasteiger partial charge in [-0.15, -0.1) is 0 Å². The van der Waals surface area contributed by atoms with Gasteiger partial charge in [-0.1, -0.05) is 18.2 Å². The van der Waals surface area contributed by atoms with Crippen LogP contribution in [0.15, 0.2) is 54.6 Å². The van der Waals surface area contributed by atoms with E-state index in [1.165, 1.54) is 0 Å². The Bertz CT molecular complexity index is 858. The Kier molecular flexibility index (Phi) is 7.60. The summed E-state index contributed by atoms with van der Waals surface area (Å²) in [6, 6.07) is 16.6. The topological polar surface area (TPSA) is 84.5 Å². The summed E-state index contributed by atoms with van der Waals surface area (Å²) in [5.74, 6) is 1.34. The highest BCUT2D eigenvalue weighted by atomic mass is 32.2. The van der Waals surface area contributed by atoms with Crippen LogP contribution in [0.3, 0.4) is 0 Å². The van der Waals surface area contributed by atoms with Crippen LogP contribution in [0.5, 0.6) is 11.5 Å². The molecule has 1 amide bonds. The fourth-order valence-corrected chi connectivity index (χ4v) is 3.13. The van der Waals surface area contributed by atoms with Crippen LogP contribution in [0.2, 0.25) is 0 Å². The van der Waals surface area contributed by atoms with Crippen molar-refractivity contribution in [3.05, 3.63) is 54.6 Å². The molecule has 0 bridgehead atoms. The van der Waals surface area contributed by atoms with Gasteiger partial charge in [0, 0.05) is 18.7 Å². The highest BCUT2D eigenvalue weighted by Crippen LogP contribution is 2.22. The molecule has 152 valence electrons. The number of unbranched alkanes of at least 4 members (excludes halogenated alkanes) is 1. The SMILES string of the molecule is CC(C)(C)S(=O)(=O)NCCCCC(=O)Nc1ccc(Oc2ccccc2)cc1. The van der Waals surface area contributed by atoms with E-state index >= 15 is 0 Å². The number of hydrogen-bond acceptors (Lipinski definition) is 4. The molecule has 0 saturated heterocycles. The van der Waals surface area contributed by atoms with Gasteiger partial charge in [0.1, 0.15) is 11.5 Å². The molecule has 0 aliphatic rings. The number of para-hydroxylation sites is 1. The molecule has 2 aromatic carbocycles. The van der Waals surface area contributed by atoms with E-state index in [0.29, 0.717) is 37.2 Å². The lowest BCUT2D eigenvalue weighted by molar-refractivity contribution is -0.116. The minimum Gasteiger partial charge on any atom is -0.457 e. The lowest BCUT2D eigenvalue weighted by atomic mass is 10.2. The molecule has 7 heteroatoms. The van der Waals surface area contributed by atoms with Gasteiger partial charge in [-0.25, -0.2) is 13.1 Å². The molecule has 0 radical (unpaired) electrons. The minimum absolute atomic E-state index is 0.101. The van der Waals surface area contributed by atoms with E-state index in [1.807, 2.05) is 30.3 Å². The molecule has 0 aliphatic carbocycles. The third-order valence-electron chi connectivity index (χ3n) is 4.05. The van der Waals surface area contributed by atoms with Crippen molar-refractivity contribution in [3.8, 4) is 11.5 Å². The third-order valence-corrected chi connectivity index (χ3v) is 6.24. The van der Waals surface area contributed by atoms with E-state index in [4.69, 9.17) is 4.74 Å². The van der Waals surface area contributed by atoms with Crippen LogP contribution in [0.1, 0.15) is 40.0 Å². The summed E-state index contributed by atoms with van der Waals surface area (Å²) in [6.07, 6.45) is 1.54. The predicted octanol–water partition coefficient (Wildman–Crippen LogP) is 4.31. The smallest absolute Gasteiger partial charge is 0.224 e. The number of carbonyl (C=O) groups excluding carboxylic acids is 1. The van der Waals surface area contributed by atoms with E-state index < -0.39 is 14.8 Å². The lowest BCUT2D eigenvalue weighted by Gasteiger charge is -2.19. The van der Waals surface area contributed by atoms with Crippen molar-refractivity contribution < 1.29 is 17.9 Å². The van der Waals surface area contributed by atoms with Crippen LogP contribution >= 0.6 is 0 Å². The van der Waals surface area contributed by atoms with Gasteiger partial charge in [0.2, 0.25) is 15.9 Å². The number of rotatable bonds is 9. The second kappa shape index (κ2) is 9.71. The number of anilines is 1. The Labute approximate surface area is 167 Å². The number of hydrogen-bond donors (Lipinski definition) is 2. The van der Waals surface area contributed by atoms with Crippen LogP contribution in [-0.2, 0) is 14.8 Å². The molecule has 0 heterocycles. The van der Waals surface area contributed by atoms with Crippen LogP contribution in [0.25, 0.3) is 0 Å². The summed E-state index contributed by atoms with van der Waals surface area (Å²) in [5.41, 5.74) is 0.693. The van der Waals surface area contributed by atoms with E-state index in [-0.39, 0.29) is 5.91 Å². The molecule has 0 aromatic heterocycles. The minimum atomic E-state index is -3.34. The molecule has 0 atom stereocenters. The fraction of sp³-hybridized carbons (Fsp3) is 0.381. The molecule has 0 fully saturated rings. The number of sulfonamides is 1. The van der Waals surface area contributed by atoms with Gasteiger partial charge < -0.3 is 10.1 Å². The first kappa shape index (κ1) is 21.9. The average Bonchev–Trinajstić information content (AvgIpc) is 2.63. The largest absolute Gasteiger partial charge is 0.457 e. The first-order valence-corrected chi connectivity index (χ1v) is 10.8. The van der Waals surface area contributed by atoms with Crippen molar-refractivity contribution >= 4 is 21.6 Å². The van der Waals surface area contributed by atoms with Crippen molar-refractivity contribution in [2.24, 2.45) is 0 Å². The van der Waals surface area contributed by atoms with Crippen LogP contribution in [0.4, 0.5) is 5.69 Å². The van der Waals surface area contributed by atoms with E-state index in [2.05, 4.69) is 10.0 Å². The van der Waals surface area contributed by atoms with Crippen molar-refractivity contribution in [2.75, 3.05) is 11.9 Å². The van der Waals surface area contributed by atoms with E-state index in [9.17, 15) is 13.2 Å². The van der Waals surface area contributed by atoms with Crippen molar-refractivity contribution in [1.82, 2.24) is 4.72 Å². The first-order valence-electron chi connectivity index (χ1n) is 9.29. The quantitative estimate of drug-likeness (QED) is 0.610. The van der Waals surface area contributed by atoms with Gasteiger partial charge in [0.05, 0.1) is 4.75 Å². The van der Waals surface area contributed by atoms with Gasteiger partial charge >= 0.3 is 0 Å². The van der Waals surface area contributed by atoms with E-state index in [1.54, 1.807) is 45.0 Å². The average molecular weight is 405 g/mol. The van der Waals surface area contributed by atoms with Gasteiger partial charge in [-0.2, -0.15) is 0 Å². The Balaban J connectivity index is 1.70. The molecule has 0 saturated carbocycles. The maximum atomic E-state index is 12.0. The molecule has 0 unspecified atom stereocenters. The number of nitrogens with one attached hydrogen (secondary N) is 2. The zero-order chi connectivity index (χ0) is 20.6. The maximum absolute atomic E-state index is 12.0. The number of ether oxygens (including phenoxy) is 1. The number of amides is 1. The van der Waals surface area contributed by atoms with Gasteiger partial charge in [-0.05, 0) is 70.0 Å². The summed E-state index contributed by atoms with van der Waals surface area (Å²) >= 11 is 0. The Hall–Kier alpha value is -2.38. The first-order chi connectivity index (χ1) is 13.2. The standard InChI is InChI=1S/C21H28N2O4S/c1-21(2,3)28(25,26)22-16-8-7-11-20(24)23-17-12-14-19(15-13-17)27-18-9-5-4-6-10-18/h4-6,9-10,12-15,22H,7-8,11,16H2,1-3H3,(H,23,24). The van der Waals surface area contributed by atoms with Gasteiger partial charge in [0.25, 0.3) is 0 Å². The number of benzene rings is 2. The summed E-state index contributed by atoms with van der Waals surface area (Å²) in [5, 5.41) is 2.83. The second-order valence-electron chi connectivity index (χ2n) is 7.45. The van der Waals surface area contributed by atoms with Gasteiger partial charge in [-0.3, -0.25) is 4.79 Å². The highest BCUT2D eigenvalue weighted by molar-refractivity contribution is 7.90. The molecule has 28 heavy (non-hydrogen) atoms. The van der Waals surface area contributed by atoms with E-state index in [0.717, 1.165) is 5.75 Å². The molecular formula is C21H28N2O4S. The second-order valence-corrected chi connectivity index (χ2v) is 9.98. The summed E-state index contributed by atoms with van der Waals surface area (Å²) in [4.78, 5) is 12.0. The zero-order valence-electron chi connectivity index (χ0n) is 16.6. The maximum Gasteiger partial charge on any atom is 0.224 e. The summed E-state index contributed by atoms with van der Waals surface area (Å²) < 4.78 is 31.3. The fourth-order valence-electron chi connectivity index (χ4n) is 2.29. The van der Waals surface area contributed by atoms with Crippen LogP contribution in [-0.4, -0.2) is 25.6 Å². The highest BCUT2D eigenvalue weighted by Gasteiger charge is 2.27. The monoisotopic (exact) mass is 404 g/mol. The molecule has 2 rings (SSSR count). The molecule has 6 nitrogen and oxygen atoms in total. The van der Waals surface area contributed by atoms with Crippen molar-refractivity contribution in [2.45, 2.75) is 44.8 Å². The van der Waals surface area contributed by atoms with Crippen molar-refractivity contribution in [1.29, 1.82) is 0 Å². The Morgan fingerprint density at radius 2 is 1.54 bits per heavy atom. The van der Waals surface area contributed by atoms with Crippen LogP contribution < -0.4 is 14.8 Å². The normalized spacial score (nSPS) is 11.8. The summed E-state index contributed by atoms with van der Waals surface area (Å²) in [6.45, 7) is 5.29.